The maximum absolute atomic E-state index is 14.2. The topological polar surface area (TPSA) is 49.4 Å². The summed E-state index contributed by atoms with van der Waals surface area (Å²) in [5, 5.41) is 2.98. The number of fused-ring (bicyclic) bond motifs is 1. The predicted molar refractivity (Wildman–Crippen MR) is 125 cm³/mol. The number of rotatable bonds is 5. The molecule has 1 saturated carbocycles. The van der Waals surface area contributed by atoms with Gasteiger partial charge >= 0.3 is 0 Å². The molecule has 33 heavy (non-hydrogen) atoms. The van der Waals surface area contributed by atoms with Crippen LogP contribution in [0.15, 0.2) is 78.9 Å². The summed E-state index contributed by atoms with van der Waals surface area (Å²) in [4.78, 5) is 29.4. The lowest BCUT2D eigenvalue weighted by Crippen LogP contribution is -2.60. The van der Waals surface area contributed by atoms with Crippen LogP contribution in [-0.2, 0) is 17.9 Å². The van der Waals surface area contributed by atoms with E-state index in [1.54, 1.807) is 18.2 Å². The number of halogens is 1. The molecule has 3 aromatic rings. The minimum absolute atomic E-state index is 0.0190. The van der Waals surface area contributed by atoms with Gasteiger partial charge in [0.2, 0.25) is 5.91 Å². The number of nitrogens with one attached hydrogen (secondary N) is 1. The summed E-state index contributed by atoms with van der Waals surface area (Å²) >= 11 is 0. The Labute approximate surface area is 193 Å². The van der Waals surface area contributed by atoms with Crippen LogP contribution in [0.2, 0.25) is 0 Å². The second-order valence-electron chi connectivity index (χ2n) is 9.02. The first-order valence-electron chi connectivity index (χ1n) is 11.6. The van der Waals surface area contributed by atoms with Gasteiger partial charge in [-0.05, 0) is 36.1 Å². The molecule has 1 unspecified atom stereocenters. The van der Waals surface area contributed by atoms with Gasteiger partial charge in [-0.15, -0.1) is 0 Å². The highest BCUT2D eigenvalue weighted by atomic mass is 19.1. The smallest absolute Gasteiger partial charge is 0.254 e. The van der Waals surface area contributed by atoms with E-state index in [0.717, 1.165) is 36.8 Å². The molecule has 1 N–H and O–H groups in total. The molecule has 1 aliphatic heterocycles. The summed E-state index contributed by atoms with van der Waals surface area (Å²) < 4.78 is 14.2. The second kappa shape index (κ2) is 8.81. The molecule has 1 spiro atoms. The van der Waals surface area contributed by atoms with Crippen molar-refractivity contribution in [2.24, 2.45) is 0 Å². The maximum atomic E-state index is 14.2. The highest BCUT2D eigenvalue weighted by molar-refractivity contribution is 6.02. The zero-order chi connectivity index (χ0) is 22.8. The SMILES string of the molecule is O=C(NCc1ccccc1F)C1c2ccccc2C(=O)N(Cc2ccccc2)C12CCCC2. The van der Waals surface area contributed by atoms with E-state index in [1.807, 2.05) is 59.5 Å². The number of amides is 2. The number of hydrogen-bond donors (Lipinski definition) is 1. The average molecular weight is 443 g/mol. The van der Waals surface area contributed by atoms with Crippen molar-refractivity contribution in [3.63, 3.8) is 0 Å². The van der Waals surface area contributed by atoms with Crippen LogP contribution in [0.25, 0.3) is 0 Å². The number of hydrogen-bond acceptors (Lipinski definition) is 2. The summed E-state index contributed by atoms with van der Waals surface area (Å²) in [7, 11) is 0. The number of carbonyl (C=O) groups excluding carboxylic acids is 2. The Kier molecular flexibility index (Phi) is 5.71. The molecule has 1 aliphatic carbocycles. The van der Waals surface area contributed by atoms with Gasteiger partial charge in [0.05, 0.1) is 11.5 Å². The average Bonchev–Trinajstić information content (AvgIpc) is 3.32. The highest BCUT2D eigenvalue weighted by Gasteiger charge is 2.55. The highest BCUT2D eigenvalue weighted by Crippen LogP contribution is 2.50. The van der Waals surface area contributed by atoms with E-state index in [9.17, 15) is 14.0 Å². The van der Waals surface area contributed by atoms with Gasteiger partial charge in [0.25, 0.3) is 5.91 Å². The summed E-state index contributed by atoms with van der Waals surface area (Å²) in [6.45, 7) is 0.581. The molecule has 0 radical (unpaired) electrons. The van der Waals surface area contributed by atoms with Crippen molar-refractivity contribution in [2.45, 2.75) is 50.2 Å². The quantitative estimate of drug-likeness (QED) is 0.591. The molecule has 5 heteroatoms. The number of benzene rings is 3. The molecule has 1 heterocycles. The van der Waals surface area contributed by atoms with Crippen molar-refractivity contribution in [3.8, 4) is 0 Å². The van der Waals surface area contributed by atoms with Crippen molar-refractivity contribution in [3.05, 3.63) is 107 Å². The molecule has 2 amide bonds. The van der Waals surface area contributed by atoms with E-state index in [-0.39, 0.29) is 24.2 Å². The Bertz CT molecular complexity index is 1170. The van der Waals surface area contributed by atoms with Crippen LogP contribution < -0.4 is 5.32 Å². The zero-order valence-electron chi connectivity index (χ0n) is 18.5. The normalized spacial score (nSPS) is 18.9. The molecule has 168 valence electrons. The molecular formula is C28H27FN2O2. The Morgan fingerprint density at radius 1 is 0.939 bits per heavy atom. The number of carbonyl (C=O) groups is 2. The van der Waals surface area contributed by atoms with Gasteiger partial charge in [-0.3, -0.25) is 9.59 Å². The summed E-state index contributed by atoms with van der Waals surface area (Å²) in [6.07, 6.45) is 3.49. The fourth-order valence-corrected chi connectivity index (χ4v) is 5.59. The predicted octanol–water partition coefficient (Wildman–Crippen LogP) is 5.19. The molecule has 4 nitrogen and oxygen atoms in total. The van der Waals surface area contributed by atoms with Gasteiger partial charge in [-0.1, -0.05) is 79.6 Å². The van der Waals surface area contributed by atoms with Crippen molar-refractivity contribution < 1.29 is 14.0 Å². The Morgan fingerprint density at radius 2 is 1.61 bits per heavy atom. The van der Waals surface area contributed by atoms with Crippen LogP contribution in [0.5, 0.6) is 0 Å². The lowest BCUT2D eigenvalue weighted by Gasteiger charge is -2.50. The minimum Gasteiger partial charge on any atom is -0.351 e. The van der Waals surface area contributed by atoms with Gasteiger partial charge in [0.15, 0.2) is 0 Å². The molecule has 5 rings (SSSR count). The van der Waals surface area contributed by atoms with Crippen LogP contribution in [0, 0.1) is 5.82 Å². The molecule has 1 atom stereocenters. The standard InChI is InChI=1S/C28H27FN2O2/c29-24-15-7-4-12-21(24)18-30-26(32)25-22-13-5-6-14-23(22)27(33)31(28(25)16-8-9-17-28)19-20-10-2-1-3-11-20/h1-7,10-15,25H,8-9,16-19H2,(H,30,32). The first-order chi connectivity index (χ1) is 16.1. The Balaban J connectivity index is 1.54. The second-order valence-corrected chi connectivity index (χ2v) is 9.02. The van der Waals surface area contributed by atoms with E-state index in [2.05, 4.69) is 5.32 Å². The van der Waals surface area contributed by atoms with Crippen molar-refractivity contribution in [1.82, 2.24) is 10.2 Å². The summed E-state index contributed by atoms with van der Waals surface area (Å²) in [5.41, 5.74) is 2.27. The largest absolute Gasteiger partial charge is 0.351 e. The van der Waals surface area contributed by atoms with Crippen molar-refractivity contribution in [2.75, 3.05) is 0 Å². The molecule has 1 fully saturated rings. The van der Waals surface area contributed by atoms with E-state index in [4.69, 9.17) is 0 Å². The van der Waals surface area contributed by atoms with Crippen LogP contribution in [0.1, 0.15) is 58.6 Å². The van der Waals surface area contributed by atoms with Crippen LogP contribution >= 0.6 is 0 Å². The molecule has 0 bridgehead atoms. The van der Waals surface area contributed by atoms with Crippen LogP contribution in [0.4, 0.5) is 4.39 Å². The van der Waals surface area contributed by atoms with Gasteiger partial charge in [-0.2, -0.15) is 0 Å². The lowest BCUT2D eigenvalue weighted by atomic mass is 9.71. The zero-order valence-corrected chi connectivity index (χ0v) is 18.5. The fraction of sp³-hybridized carbons (Fsp3) is 0.286. The summed E-state index contributed by atoms with van der Waals surface area (Å²) in [5.74, 6) is -1.00. The first kappa shape index (κ1) is 21.4. The molecular weight excluding hydrogens is 415 g/mol. The maximum Gasteiger partial charge on any atom is 0.254 e. The minimum atomic E-state index is -0.583. The molecule has 0 saturated heterocycles. The van der Waals surface area contributed by atoms with Crippen LogP contribution in [-0.4, -0.2) is 22.3 Å². The fourth-order valence-electron chi connectivity index (χ4n) is 5.59. The van der Waals surface area contributed by atoms with Gasteiger partial charge in [0.1, 0.15) is 5.82 Å². The van der Waals surface area contributed by atoms with Gasteiger partial charge < -0.3 is 10.2 Å². The van der Waals surface area contributed by atoms with Gasteiger partial charge in [0, 0.05) is 24.2 Å². The Hall–Kier alpha value is -3.47. The van der Waals surface area contributed by atoms with Crippen molar-refractivity contribution >= 4 is 11.8 Å². The number of nitrogens with zero attached hydrogens (tertiary/aromatic N) is 1. The van der Waals surface area contributed by atoms with E-state index >= 15 is 0 Å². The molecule has 3 aromatic carbocycles. The van der Waals surface area contributed by atoms with E-state index < -0.39 is 11.5 Å². The lowest BCUT2D eigenvalue weighted by molar-refractivity contribution is -0.126. The molecule has 0 aromatic heterocycles. The van der Waals surface area contributed by atoms with E-state index in [1.165, 1.54) is 6.07 Å². The van der Waals surface area contributed by atoms with Gasteiger partial charge in [-0.25, -0.2) is 4.39 Å². The third-order valence-electron chi connectivity index (χ3n) is 7.15. The first-order valence-corrected chi connectivity index (χ1v) is 11.6. The molecule has 2 aliphatic rings. The van der Waals surface area contributed by atoms with Crippen molar-refractivity contribution in [1.29, 1.82) is 0 Å². The monoisotopic (exact) mass is 442 g/mol. The Morgan fingerprint density at radius 3 is 2.36 bits per heavy atom. The van der Waals surface area contributed by atoms with Crippen LogP contribution in [0.3, 0.4) is 0 Å². The van der Waals surface area contributed by atoms with E-state index in [0.29, 0.717) is 17.7 Å². The third kappa shape index (κ3) is 3.82. The summed E-state index contributed by atoms with van der Waals surface area (Å²) in [6, 6.07) is 23.9. The third-order valence-corrected chi connectivity index (χ3v) is 7.15.